The van der Waals surface area contributed by atoms with Crippen LogP contribution in [0.2, 0.25) is 0 Å². The molecule has 3 heteroatoms. The highest BCUT2D eigenvalue weighted by atomic mass is 16.5. The average molecular weight is 128 g/mol. The molecule has 2 radical (unpaired) electrons. The van der Waals surface area contributed by atoms with Crippen molar-refractivity contribution in [3.8, 4) is 0 Å². The van der Waals surface area contributed by atoms with Crippen LogP contribution in [0.3, 0.4) is 0 Å². The summed E-state index contributed by atoms with van der Waals surface area (Å²) in [5.74, 6) is 0. The molecule has 1 saturated heterocycles. The van der Waals surface area contributed by atoms with Gasteiger partial charge in [0.2, 0.25) is 0 Å². The van der Waals surface area contributed by atoms with Gasteiger partial charge in [-0.2, -0.15) is 0 Å². The maximum Gasteiger partial charge on any atom is 0.143 e. The van der Waals surface area contributed by atoms with Crippen LogP contribution >= 0.6 is 0 Å². The van der Waals surface area contributed by atoms with Gasteiger partial charge in [0.25, 0.3) is 0 Å². The van der Waals surface area contributed by atoms with E-state index in [9.17, 15) is 0 Å². The molecule has 1 aliphatic rings. The number of nitrogens with one attached hydrogen (secondary N) is 1. The van der Waals surface area contributed by atoms with E-state index in [4.69, 9.17) is 4.74 Å². The van der Waals surface area contributed by atoms with Crippen molar-refractivity contribution in [2.45, 2.75) is 0 Å². The van der Waals surface area contributed by atoms with E-state index >= 15 is 0 Å². The first-order valence-electron chi connectivity index (χ1n) is 3.16. The molecule has 0 saturated carbocycles. The van der Waals surface area contributed by atoms with Gasteiger partial charge in [-0.1, -0.05) is 0 Å². The lowest BCUT2D eigenvalue weighted by molar-refractivity contribution is 0.169. The third kappa shape index (κ3) is 2.30. The lowest BCUT2D eigenvalue weighted by Gasteiger charge is -2.09. The van der Waals surface area contributed by atoms with Crippen molar-refractivity contribution in [1.29, 1.82) is 0 Å². The summed E-state index contributed by atoms with van der Waals surface area (Å²) < 4.78 is 4.89. The molecule has 0 atom stereocenters. The van der Waals surface area contributed by atoms with Gasteiger partial charge in [-0.3, -0.25) is 10.2 Å². The lowest BCUT2D eigenvalue weighted by Crippen LogP contribution is -2.21. The summed E-state index contributed by atoms with van der Waals surface area (Å²) in [5, 5.41) is 3.00. The summed E-state index contributed by atoms with van der Waals surface area (Å²) in [7, 11) is 1.71. The zero-order valence-electron chi connectivity index (χ0n) is 5.68. The first kappa shape index (κ1) is 6.99. The van der Waals surface area contributed by atoms with Crippen LogP contribution < -0.4 is 5.32 Å². The highest BCUT2D eigenvalue weighted by Crippen LogP contribution is 1.94. The summed E-state index contributed by atoms with van der Waals surface area (Å²) in [4.78, 5) is 2.09. The number of rotatable bonds is 3. The molecule has 1 N–H and O–H groups in total. The van der Waals surface area contributed by atoms with Crippen LogP contribution in [0.25, 0.3) is 0 Å². The second kappa shape index (κ2) is 3.82. The summed E-state index contributed by atoms with van der Waals surface area (Å²) >= 11 is 0. The molecule has 0 amide bonds. The van der Waals surface area contributed by atoms with Crippen LogP contribution in [0.4, 0.5) is 0 Å². The third-order valence-corrected chi connectivity index (χ3v) is 1.31. The summed E-state index contributed by atoms with van der Waals surface area (Å²) in [6, 6.07) is 0. The fourth-order valence-electron chi connectivity index (χ4n) is 0.784. The largest absolute Gasteiger partial charge is 0.383 e. The zero-order valence-corrected chi connectivity index (χ0v) is 5.68. The van der Waals surface area contributed by atoms with Gasteiger partial charge >= 0.3 is 0 Å². The van der Waals surface area contributed by atoms with Gasteiger partial charge in [0.05, 0.1) is 6.61 Å². The minimum Gasteiger partial charge on any atom is -0.383 e. The zero-order chi connectivity index (χ0) is 6.53. The van der Waals surface area contributed by atoms with E-state index in [-0.39, 0.29) is 0 Å². The molecule has 0 aromatic rings. The molecule has 0 aromatic carbocycles. The molecule has 0 bridgehead atoms. The summed E-state index contributed by atoms with van der Waals surface area (Å²) in [6.45, 7) is 6.81. The number of hydrogen-bond donors (Lipinski definition) is 1. The fraction of sp³-hybridized carbons (Fsp3) is 0.833. The highest BCUT2D eigenvalue weighted by Gasteiger charge is 2.10. The van der Waals surface area contributed by atoms with E-state index in [0.717, 1.165) is 26.2 Å². The van der Waals surface area contributed by atoms with Gasteiger partial charge in [-0.15, -0.1) is 0 Å². The van der Waals surface area contributed by atoms with Gasteiger partial charge in [-0.25, -0.2) is 0 Å². The molecule has 1 aliphatic heterocycles. The molecule has 0 aromatic heterocycles. The Kier molecular flexibility index (Phi) is 2.97. The van der Waals surface area contributed by atoms with Gasteiger partial charge in [0.15, 0.2) is 0 Å². The number of hydrogen-bond acceptors (Lipinski definition) is 3. The van der Waals surface area contributed by atoms with E-state index in [1.807, 2.05) is 0 Å². The maximum atomic E-state index is 4.89. The number of methoxy groups -OCH3 is 1. The van der Waals surface area contributed by atoms with E-state index in [0.29, 0.717) is 0 Å². The first-order valence-corrected chi connectivity index (χ1v) is 3.16. The third-order valence-electron chi connectivity index (χ3n) is 1.31. The smallest absolute Gasteiger partial charge is 0.143 e. The minimum atomic E-state index is 0.786. The molecule has 9 heavy (non-hydrogen) atoms. The molecule has 1 heterocycles. The van der Waals surface area contributed by atoms with Crippen LogP contribution in [0, 0.1) is 6.67 Å². The Morgan fingerprint density at radius 2 is 2.67 bits per heavy atom. The van der Waals surface area contributed by atoms with E-state index in [1.54, 1.807) is 7.11 Å². The Bertz CT molecular complexity index is 71.5. The molecular weight excluding hydrogens is 116 g/mol. The Morgan fingerprint density at radius 3 is 3.22 bits per heavy atom. The fourth-order valence-corrected chi connectivity index (χ4v) is 0.784. The molecular formula is C6H12N2O. The van der Waals surface area contributed by atoms with Crippen molar-refractivity contribution in [2.24, 2.45) is 0 Å². The van der Waals surface area contributed by atoms with Crippen molar-refractivity contribution in [3.63, 3.8) is 0 Å². The minimum absolute atomic E-state index is 0.786. The topological polar surface area (TPSA) is 24.5 Å². The SMILES string of the molecule is COCCN1[C]NCC1. The molecule has 0 spiro atoms. The maximum absolute atomic E-state index is 4.89. The Morgan fingerprint density at radius 1 is 1.78 bits per heavy atom. The predicted octanol–water partition coefficient (Wildman–Crippen LogP) is -0.466. The van der Waals surface area contributed by atoms with Gasteiger partial charge in [-0.05, 0) is 0 Å². The van der Waals surface area contributed by atoms with Crippen molar-refractivity contribution in [3.05, 3.63) is 6.67 Å². The average Bonchev–Trinajstić information content (AvgIpc) is 2.34. The van der Waals surface area contributed by atoms with Gasteiger partial charge in [0.1, 0.15) is 6.67 Å². The van der Waals surface area contributed by atoms with Crippen molar-refractivity contribution < 1.29 is 4.74 Å². The van der Waals surface area contributed by atoms with Gasteiger partial charge < -0.3 is 4.74 Å². The van der Waals surface area contributed by atoms with E-state index in [1.165, 1.54) is 0 Å². The highest BCUT2D eigenvalue weighted by molar-refractivity contribution is 4.74. The first-order chi connectivity index (χ1) is 4.43. The summed E-state index contributed by atoms with van der Waals surface area (Å²) in [5.41, 5.74) is 0. The Labute approximate surface area is 56.0 Å². The molecule has 3 nitrogen and oxygen atoms in total. The van der Waals surface area contributed by atoms with Crippen LogP contribution in [-0.4, -0.2) is 38.3 Å². The quantitative estimate of drug-likeness (QED) is 0.556. The second-order valence-corrected chi connectivity index (χ2v) is 2.02. The van der Waals surface area contributed by atoms with Crippen LogP contribution in [0.1, 0.15) is 0 Å². The van der Waals surface area contributed by atoms with Crippen molar-refractivity contribution in [2.75, 3.05) is 33.4 Å². The van der Waals surface area contributed by atoms with Gasteiger partial charge in [0, 0.05) is 26.7 Å². The molecule has 1 rings (SSSR count). The van der Waals surface area contributed by atoms with E-state index in [2.05, 4.69) is 16.9 Å². The molecule has 0 aliphatic carbocycles. The standard InChI is InChI=1S/C6H12N2O/c1-9-5-4-8-3-2-7-6-8/h7H,2-5H2,1H3. The second-order valence-electron chi connectivity index (χ2n) is 2.02. The Balaban J connectivity index is 1.98. The monoisotopic (exact) mass is 128 g/mol. The molecule has 0 unspecified atom stereocenters. The number of nitrogens with zero attached hydrogens (tertiary/aromatic N) is 1. The van der Waals surface area contributed by atoms with Crippen LogP contribution in [0.5, 0.6) is 0 Å². The predicted molar refractivity (Wildman–Crippen MR) is 34.7 cm³/mol. The number of ether oxygens (including phenoxy) is 1. The normalized spacial score (nSPS) is 21.0. The van der Waals surface area contributed by atoms with E-state index < -0.39 is 0 Å². The summed E-state index contributed by atoms with van der Waals surface area (Å²) in [6.07, 6.45) is 0. The van der Waals surface area contributed by atoms with Crippen LogP contribution in [-0.2, 0) is 4.74 Å². The molecule has 52 valence electrons. The van der Waals surface area contributed by atoms with Crippen molar-refractivity contribution >= 4 is 0 Å². The molecule has 1 fully saturated rings. The Hall–Kier alpha value is -0.120. The van der Waals surface area contributed by atoms with Crippen molar-refractivity contribution in [1.82, 2.24) is 10.2 Å². The van der Waals surface area contributed by atoms with Crippen LogP contribution in [0.15, 0.2) is 0 Å². The lowest BCUT2D eigenvalue weighted by atomic mass is 10.5.